The van der Waals surface area contributed by atoms with Crippen molar-refractivity contribution in [2.24, 2.45) is 0 Å². The number of nitrogens with zero attached hydrogens (tertiary/aromatic N) is 2. The lowest BCUT2D eigenvalue weighted by atomic mass is 10.2. The molecular weight excluding hydrogens is 390 g/mol. The van der Waals surface area contributed by atoms with Crippen molar-refractivity contribution in [1.82, 2.24) is 9.97 Å². The Labute approximate surface area is 169 Å². The summed E-state index contributed by atoms with van der Waals surface area (Å²) in [4.78, 5) is 9.67. The third kappa shape index (κ3) is 3.19. The van der Waals surface area contributed by atoms with Crippen LogP contribution in [0.2, 0.25) is 0 Å². The Hall–Kier alpha value is -2.35. The van der Waals surface area contributed by atoms with Gasteiger partial charge in [-0.05, 0) is 55.8 Å². The molecule has 1 saturated heterocycles. The lowest BCUT2D eigenvalue weighted by molar-refractivity contribution is 0.127. The monoisotopic (exact) mass is 409 g/mol. The zero-order valence-electron chi connectivity index (χ0n) is 15.3. The van der Waals surface area contributed by atoms with Gasteiger partial charge < -0.3 is 10.1 Å². The number of hydrogen-bond acceptors (Lipinski definition) is 6. The molecule has 0 aliphatic carbocycles. The van der Waals surface area contributed by atoms with Gasteiger partial charge in [-0.15, -0.1) is 11.3 Å². The quantitative estimate of drug-likeness (QED) is 0.521. The molecule has 1 fully saturated rings. The van der Waals surface area contributed by atoms with Gasteiger partial charge in [-0.25, -0.2) is 4.98 Å². The number of aromatic nitrogens is 2. The van der Waals surface area contributed by atoms with Crippen molar-refractivity contribution in [3.63, 3.8) is 0 Å². The lowest BCUT2D eigenvalue weighted by Crippen LogP contribution is -2.23. The SMILES string of the molecule is CC1OCCC1S(=O)c1ccc2nccc(Nc3ccc4scnc4c3)c2c1. The molecule has 2 aromatic carbocycles. The molecule has 3 heterocycles. The maximum Gasteiger partial charge on any atom is 0.0832 e. The molecule has 0 bridgehead atoms. The van der Waals surface area contributed by atoms with Gasteiger partial charge in [0.15, 0.2) is 0 Å². The van der Waals surface area contributed by atoms with E-state index in [9.17, 15) is 4.21 Å². The number of rotatable bonds is 4. The van der Waals surface area contributed by atoms with Gasteiger partial charge in [0.1, 0.15) is 0 Å². The molecule has 1 aliphatic heterocycles. The maximum absolute atomic E-state index is 13.1. The maximum atomic E-state index is 13.1. The van der Waals surface area contributed by atoms with Gasteiger partial charge in [0.05, 0.1) is 43.4 Å². The summed E-state index contributed by atoms with van der Waals surface area (Å²) in [5.74, 6) is 0. The van der Waals surface area contributed by atoms with Gasteiger partial charge in [0.25, 0.3) is 0 Å². The fourth-order valence-electron chi connectivity index (χ4n) is 3.62. The Kier molecular flexibility index (Phi) is 4.58. The number of thiazole rings is 1. The lowest BCUT2D eigenvalue weighted by Gasteiger charge is -2.15. The van der Waals surface area contributed by atoms with Gasteiger partial charge in [-0.3, -0.25) is 9.19 Å². The van der Waals surface area contributed by atoms with E-state index >= 15 is 0 Å². The first-order chi connectivity index (χ1) is 13.7. The van der Waals surface area contributed by atoms with Crippen LogP contribution >= 0.6 is 11.3 Å². The van der Waals surface area contributed by atoms with E-state index in [0.717, 1.165) is 43.8 Å². The molecule has 5 nitrogen and oxygen atoms in total. The van der Waals surface area contributed by atoms with E-state index in [1.165, 1.54) is 0 Å². The van der Waals surface area contributed by atoms with Crippen LogP contribution in [0.5, 0.6) is 0 Å². The van der Waals surface area contributed by atoms with Crippen LogP contribution in [0.4, 0.5) is 11.4 Å². The molecule has 2 aromatic heterocycles. The normalized spacial score (nSPS) is 20.6. The van der Waals surface area contributed by atoms with Crippen LogP contribution in [0.1, 0.15) is 13.3 Å². The molecule has 1 aliphatic rings. The van der Waals surface area contributed by atoms with Crippen molar-refractivity contribution in [3.05, 3.63) is 54.2 Å². The second kappa shape index (κ2) is 7.24. The Morgan fingerprint density at radius 1 is 1.14 bits per heavy atom. The molecule has 0 saturated carbocycles. The number of nitrogens with one attached hydrogen (secondary N) is 1. The molecule has 3 unspecified atom stereocenters. The summed E-state index contributed by atoms with van der Waals surface area (Å²) in [6.07, 6.45) is 2.64. The molecule has 5 rings (SSSR count). The molecule has 28 heavy (non-hydrogen) atoms. The highest BCUT2D eigenvalue weighted by molar-refractivity contribution is 7.85. The molecule has 4 aromatic rings. The largest absolute Gasteiger partial charge is 0.377 e. The van der Waals surface area contributed by atoms with E-state index in [1.807, 2.05) is 48.8 Å². The minimum Gasteiger partial charge on any atom is -0.377 e. The van der Waals surface area contributed by atoms with E-state index < -0.39 is 10.8 Å². The van der Waals surface area contributed by atoms with Crippen LogP contribution in [0.15, 0.2) is 59.1 Å². The van der Waals surface area contributed by atoms with Crippen molar-refractivity contribution in [2.45, 2.75) is 29.6 Å². The summed E-state index contributed by atoms with van der Waals surface area (Å²) in [7, 11) is -1.10. The summed E-state index contributed by atoms with van der Waals surface area (Å²) in [6.45, 7) is 2.68. The third-order valence-corrected chi connectivity index (χ3v) is 7.83. The second-order valence-electron chi connectivity index (χ2n) is 6.90. The van der Waals surface area contributed by atoms with Gasteiger partial charge in [0.2, 0.25) is 0 Å². The fourth-order valence-corrected chi connectivity index (χ4v) is 5.80. The zero-order valence-corrected chi connectivity index (χ0v) is 16.9. The Balaban J connectivity index is 1.52. The first-order valence-electron chi connectivity index (χ1n) is 9.20. The molecular formula is C21H19N3O2S2. The highest BCUT2D eigenvalue weighted by Gasteiger charge is 2.30. The third-order valence-electron chi connectivity index (χ3n) is 5.14. The average molecular weight is 410 g/mol. The predicted octanol–water partition coefficient (Wildman–Crippen LogP) is 4.87. The van der Waals surface area contributed by atoms with Crippen molar-refractivity contribution < 1.29 is 8.95 Å². The van der Waals surface area contributed by atoms with Crippen LogP contribution in [-0.4, -0.2) is 32.1 Å². The van der Waals surface area contributed by atoms with Crippen LogP contribution in [0, 0.1) is 0 Å². The first-order valence-corrected chi connectivity index (χ1v) is 11.3. The minimum absolute atomic E-state index is 0.0212. The highest BCUT2D eigenvalue weighted by Crippen LogP contribution is 2.31. The molecule has 0 radical (unpaired) electrons. The predicted molar refractivity (Wildman–Crippen MR) is 115 cm³/mol. The summed E-state index contributed by atoms with van der Waals surface area (Å²) in [6, 6.07) is 14.0. The topological polar surface area (TPSA) is 64.1 Å². The summed E-state index contributed by atoms with van der Waals surface area (Å²) >= 11 is 1.63. The number of anilines is 2. The summed E-state index contributed by atoms with van der Waals surface area (Å²) in [5.41, 5.74) is 5.61. The van der Waals surface area contributed by atoms with Crippen LogP contribution in [0.25, 0.3) is 21.1 Å². The summed E-state index contributed by atoms with van der Waals surface area (Å²) < 4.78 is 19.8. The Morgan fingerprint density at radius 2 is 2.07 bits per heavy atom. The Bertz CT molecular complexity index is 1190. The summed E-state index contributed by atoms with van der Waals surface area (Å²) in [5, 5.41) is 4.47. The van der Waals surface area contributed by atoms with Crippen LogP contribution < -0.4 is 5.32 Å². The fraction of sp³-hybridized carbons (Fsp3) is 0.238. The minimum atomic E-state index is -1.10. The standard InChI is InChI=1S/C21H19N3O2S2/c1-13-21(7-9-26-13)28(25)15-3-4-17-16(11-15)18(6-8-22-17)24-14-2-5-20-19(10-14)23-12-27-20/h2-6,8,10-13,21H,7,9H2,1H3,(H,22,24). The number of pyridine rings is 1. The van der Waals surface area contributed by atoms with Gasteiger partial charge in [-0.2, -0.15) is 0 Å². The highest BCUT2D eigenvalue weighted by atomic mass is 32.2. The van der Waals surface area contributed by atoms with Crippen molar-refractivity contribution in [1.29, 1.82) is 0 Å². The van der Waals surface area contributed by atoms with Gasteiger partial charge >= 0.3 is 0 Å². The molecule has 7 heteroatoms. The van der Waals surface area contributed by atoms with Gasteiger partial charge in [0, 0.05) is 34.5 Å². The smallest absolute Gasteiger partial charge is 0.0832 e. The van der Waals surface area contributed by atoms with Crippen molar-refractivity contribution in [2.75, 3.05) is 11.9 Å². The number of ether oxygens (including phenoxy) is 1. The number of fused-ring (bicyclic) bond motifs is 2. The molecule has 1 N–H and O–H groups in total. The first kappa shape index (κ1) is 17.7. The van der Waals surface area contributed by atoms with Crippen molar-refractivity contribution in [3.8, 4) is 0 Å². The van der Waals surface area contributed by atoms with E-state index in [0.29, 0.717) is 6.61 Å². The van der Waals surface area contributed by atoms with E-state index in [2.05, 4.69) is 21.4 Å². The van der Waals surface area contributed by atoms with E-state index in [4.69, 9.17) is 4.74 Å². The van der Waals surface area contributed by atoms with Crippen LogP contribution in [-0.2, 0) is 15.5 Å². The Morgan fingerprint density at radius 3 is 2.93 bits per heavy atom. The second-order valence-corrected chi connectivity index (χ2v) is 9.46. The average Bonchev–Trinajstić information content (AvgIpc) is 3.35. The molecule has 3 atom stereocenters. The number of hydrogen-bond donors (Lipinski definition) is 1. The van der Waals surface area contributed by atoms with E-state index in [1.54, 1.807) is 17.5 Å². The van der Waals surface area contributed by atoms with Gasteiger partial charge in [-0.1, -0.05) is 0 Å². The van der Waals surface area contributed by atoms with E-state index in [-0.39, 0.29) is 11.4 Å². The molecule has 0 spiro atoms. The molecule has 142 valence electrons. The molecule has 0 amide bonds. The zero-order chi connectivity index (χ0) is 19.1. The van der Waals surface area contributed by atoms with Crippen LogP contribution in [0.3, 0.4) is 0 Å². The van der Waals surface area contributed by atoms with Crippen molar-refractivity contribution >= 4 is 54.6 Å². The number of benzene rings is 2.